The number of hydrogen-bond acceptors (Lipinski definition) is 4. The van der Waals surface area contributed by atoms with Crippen molar-refractivity contribution >= 4 is 16.0 Å². The van der Waals surface area contributed by atoms with Gasteiger partial charge >= 0.3 is 5.97 Å². The molecule has 0 spiro atoms. The van der Waals surface area contributed by atoms with Crippen LogP contribution in [0.3, 0.4) is 0 Å². The molecule has 0 aliphatic heterocycles. The van der Waals surface area contributed by atoms with Gasteiger partial charge in [-0.25, -0.2) is 13.1 Å². The van der Waals surface area contributed by atoms with Crippen molar-refractivity contribution in [1.29, 1.82) is 0 Å². The van der Waals surface area contributed by atoms with E-state index in [4.69, 9.17) is 9.84 Å². The van der Waals surface area contributed by atoms with E-state index in [1.807, 2.05) is 0 Å². The summed E-state index contributed by atoms with van der Waals surface area (Å²) in [6.45, 7) is 2.30. The van der Waals surface area contributed by atoms with Crippen molar-refractivity contribution < 1.29 is 23.1 Å². The van der Waals surface area contributed by atoms with Crippen molar-refractivity contribution in [3.05, 3.63) is 0 Å². The second-order valence-corrected chi connectivity index (χ2v) is 5.66. The molecule has 7 heteroatoms. The molecule has 6 nitrogen and oxygen atoms in total. The van der Waals surface area contributed by atoms with Gasteiger partial charge in [-0.3, -0.25) is 4.79 Å². The van der Waals surface area contributed by atoms with Crippen molar-refractivity contribution in [1.82, 2.24) is 4.72 Å². The minimum absolute atomic E-state index is 0.0561. The smallest absolute Gasteiger partial charge is 0.322 e. The van der Waals surface area contributed by atoms with Crippen LogP contribution in [0.4, 0.5) is 0 Å². The molecule has 0 bridgehead atoms. The van der Waals surface area contributed by atoms with Crippen LogP contribution in [0, 0.1) is 5.92 Å². The van der Waals surface area contributed by atoms with Crippen LogP contribution in [-0.4, -0.2) is 44.5 Å². The van der Waals surface area contributed by atoms with Gasteiger partial charge in [0.15, 0.2) is 0 Å². The van der Waals surface area contributed by atoms with E-state index < -0.39 is 22.0 Å². The molecule has 1 unspecified atom stereocenters. The second-order valence-electron chi connectivity index (χ2n) is 3.79. The molecule has 1 atom stereocenters. The Kier molecular flexibility index (Phi) is 4.69. The van der Waals surface area contributed by atoms with Crippen LogP contribution in [0.25, 0.3) is 0 Å². The number of carbonyl (C=O) groups is 1. The average Bonchev–Trinajstić information content (AvgIpc) is 2.97. The molecule has 1 saturated carbocycles. The van der Waals surface area contributed by atoms with E-state index in [0.717, 1.165) is 12.8 Å². The summed E-state index contributed by atoms with van der Waals surface area (Å²) >= 11 is 0. The van der Waals surface area contributed by atoms with E-state index in [1.54, 1.807) is 6.92 Å². The van der Waals surface area contributed by atoms with Gasteiger partial charge in [0.25, 0.3) is 0 Å². The minimum atomic E-state index is -3.56. The molecule has 0 saturated heterocycles. The Hall–Kier alpha value is -0.660. The van der Waals surface area contributed by atoms with Crippen LogP contribution in [0.2, 0.25) is 0 Å². The highest BCUT2D eigenvalue weighted by Crippen LogP contribution is 2.33. The van der Waals surface area contributed by atoms with E-state index in [-0.39, 0.29) is 18.3 Å². The lowest BCUT2D eigenvalue weighted by molar-refractivity contribution is -0.139. The Labute approximate surface area is 95.0 Å². The topological polar surface area (TPSA) is 92.7 Å². The van der Waals surface area contributed by atoms with Crippen molar-refractivity contribution in [3.8, 4) is 0 Å². The maximum atomic E-state index is 11.5. The summed E-state index contributed by atoms with van der Waals surface area (Å²) in [6, 6.07) is -0.980. The normalized spacial score (nSPS) is 18.3. The number of carboxylic acid groups (broad SMARTS) is 1. The monoisotopic (exact) mass is 251 g/mol. The van der Waals surface area contributed by atoms with E-state index in [9.17, 15) is 13.2 Å². The zero-order valence-corrected chi connectivity index (χ0v) is 10.00. The fourth-order valence-electron chi connectivity index (χ4n) is 1.34. The predicted molar refractivity (Wildman–Crippen MR) is 57.6 cm³/mol. The lowest BCUT2D eigenvalue weighted by Crippen LogP contribution is -2.43. The summed E-state index contributed by atoms with van der Waals surface area (Å²) in [5.41, 5.74) is 0. The van der Waals surface area contributed by atoms with Gasteiger partial charge in [0.05, 0.1) is 12.4 Å². The fraction of sp³-hybridized carbons (Fsp3) is 0.889. The quantitative estimate of drug-likeness (QED) is 0.583. The molecule has 0 amide bonds. The molecule has 0 radical (unpaired) electrons. The molecule has 0 aromatic carbocycles. The Morgan fingerprint density at radius 3 is 2.62 bits per heavy atom. The first-order valence-corrected chi connectivity index (χ1v) is 6.92. The van der Waals surface area contributed by atoms with Crippen LogP contribution >= 0.6 is 0 Å². The first-order valence-electron chi connectivity index (χ1n) is 5.27. The zero-order chi connectivity index (χ0) is 12.2. The maximum Gasteiger partial charge on any atom is 0.322 e. The molecule has 1 rings (SSSR count). The zero-order valence-electron chi connectivity index (χ0n) is 9.18. The molecule has 0 heterocycles. The minimum Gasteiger partial charge on any atom is -0.480 e. The van der Waals surface area contributed by atoms with Gasteiger partial charge in [-0.15, -0.1) is 0 Å². The lowest BCUT2D eigenvalue weighted by Gasteiger charge is -2.13. The van der Waals surface area contributed by atoms with Crippen molar-refractivity contribution in [2.75, 3.05) is 19.0 Å². The molecular weight excluding hydrogens is 234 g/mol. The Bertz CT molecular complexity index is 336. The van der Waals surface area contributed by atoms with Crippen molar-refractivity contribution in [2.24, 2.45) is 5.92 Å². The van der Waals surface area contributed by atoms with Gasteiger partial charge in [-0.2, -0.15) is 0 Å². The number of ether oxygens (including phenoxy) is 1. The van der Waals surface area contributed by atoms with Gasteiger partial charge in [-0.1, -0.05) is 0 Å². The molecule has 94 valence electrons. The van der Waals surface area contributed by atoms with Crippen LogP contribution in [0.5, 0.6) is 0 Å². The molecule has 2 N–H and O–H groups in total. The predicted octanol–water partition coefficient (Wildman–Crippen LogP) is -0.194. The lowest BCUT2D eigenvalue weighted by atomic mass is 10.2. The Morgan fingerprint density at radius 2 is 2.19 bits per heavy atom. The summed E-state index contributed by atoms with van der Waals surface area (Å²) in [4.78, 5) is 10.8. The highest BCUT2D eigenvalue weighted by Gasteiger charge is 2.38. The molecule has 16 heavy (non-hydrogen) atoms. The van der Waals surface area contributed by atoms with E-state index in [1.165, 1.54) is 0 Å². The number of hydrogen-bond donors (Lipinski definition) is 2. The average molecular weight is 251 g/mol. The molecule has 1 fully saturated rings. The van der Waals surface area contributed by atoms with Gasteiger partial charge in [0.1, 0.15) is 6.04 Å². The van der Waals surface area contributed by atoms with Crippen LogP contribution in [0.1, 0.15) is 19.8 Å². The highest BCUT2D eigenvalue weighted by molar-refractivity contribution is 7.89. The van der Waals surface area contributed by atoms with E-state index in [0.29, 0.717) is 6.61 Å². The maximum absolute atomic E-state index is 11.5. The third kappa shape index (κ3) is 4.46. The van der Waals surface area contributed by atoms with Gasteiger partial charge in [0.2, 0.25) is 10.0 Å². The first-order chi connectivity index (χ1) is 7.46. The second kappa shape index (κ2) is 5.60. The Morgan fingerprint density at radius 1 is 1.56 bits per heavy atom. The van der Waals surface area contributed by atoms with Crippen LogP contribution < -0.4 is 4.72 Å². The number of sulfonamides is 1. The number of carboxylic acids is 1. The number of nitrogens with one attached hydrogen (secondary N) is 1. The van der Waals surface area contributed by atoms with Gasteiger partial charge in [-0.05, 0) is 25.7 Å². The van der Waals surface area contributed by atoms with Crippen LogP contribution in [-0.2, 0) is 19.6 Å². The SMILES string of the molecule is CCOCCS(=O)(=O)NC(C(=O)O)C1CC1. The summed E-state index contributed by atoms with van der Waals surface area (Å²) < 4.78 is 30.1. The third-order valence-corrected chi connectivity index (χ3v) is 3.68. The summed E-state index contributed by atoms with van der Waals surface area (Å²) in [7, 11) is -3.56. The molecule has 1 aliphatic carbocycles. The van der Waals surface area contributed by atoms with Crippen molar-refractivity contribution in [3.63, 3.8) is 0 Å². The standard InChI is InChI=1S/C9H17NO5S/c1-2-15-5-6-16(13,14)10-8(9(11)12)7-3-4-7/h7-8,10H,2-6H2,1H3,(H,11,12). The summed E-state index contributed by atoms with van der Waals surface area (Å²) in [6.07, 6.45) is 1.54. The summed E-state index contributed by atoms with van der Waals surface area (Å²) in [5, 5.41) is 8.86. The van der Waals surface area contributed by atoms with Gasteiger partial charge in [0, 0.05) is 6.61 Å². The van der Waals surface area contributed by atoms with E-state index in [2.05, 4.69) is 4.72 Å². The van der Waals surface area contributed by atoms with E-state index >= 15 is 0 Å². The molecular formula is C9H17NO5S. The summed E-state index contributed by atoms with van der Waals surface area (Å²) in [5.74, 6) is -1.36. The number of rotatable bonds is 8. The molecule has 0 aromatic rings. The highest BCUT2D eigenvalue weighted by atomic mass is 32.2. The largest absolute Gasteiger partial charge is 0.480 e. The van der Waals surface area contributed by atoms with Gasteiger partial charge < -0.3 is 9.84 Å². The Balaban J connectivity index is 2.46. The number of aliphatic carboxylic acids is 1. The third-order valence-electron chi connectivity index (χ3n) is 2.37. The first kappa shape index (κ1) is 13.4. The molecule has 0 aromatic heterocycles. The van der Waals surface area contributed by atoms with Crippen molar-refractivity contribution in [2.45, 2.75) is 25.8 Å². The molecule has 1 aliphatic rings. The van der Waals surface area contributed by atoms with Crippen LogP contribution in [0.15, 0.2) is 0 Å². The fourth-order valence-corrected chi connectivity index (χ4v) is 2.48.